The van der Waals surface area contributed by atoms with E-state index in [9.17, 15) is 9.59 Å². The molecule has 2 atom stereocenters. The SMILES string of the molecule is Cc1cccc(NC(=O)[C@H](C)Sc2nc3ccccc3c(=O)n2C[C@@H]2CCCO2)c1. The molecule has 0 saturated carbocycles. The Bertz CT molecular complexity index is 1120. The fourth-order valence-electron chi connectivity index (χ4n) is 3.57. The number of aryl methyl sites for hydroxylation is 1. The number of hydrogen-bond donors (Lipinski definition) is 1. The van der Waals surface area contributed by atoms with Crippen molar-refractivity contribution in [3.63, 3.8) is 0 Å². The van der Waals surface area contributed by atoms with Crippen molar-refractivity contribution in [3.8, 4) is 0 Å². The maximum Gasteiger partial charge on any atom is 0.262 e. The van der Waals surface area contributed by atoms with E-state index in [1.54, 1.807) is 10.6 Å². The molecule has 0 bridgehead atoms. The zero-order chi connectivity index (χ0) is 21.1. The van der Waals surface area contributed by atoms with Crippen molar-refractivity contribution in [3.05, 3.63) is 64.4 Å². The lowest BCUT2D eigenvalue weighted by atomic mass is 10.2. The maximum absolute atomic E-state index is 13.2. The lowest BCUT2D eigenvalue weighted by molar-refractivity contribution is -0.115. The fraction of sp³-hybridized carbons (Fsp3) is 0.348. The Morgan fingerprint density at radius 1 is 1.30 bits per heavy atom. The average Bonchev–Trinajstić information content (AvgIpc) is 3.24. The summed E-state index contributed by atoms with van der Waals surface area (Å²) < 4.78 is 7.41. The van der Waals surface area contributed by atoms with Crippen molar-refractivity contribution in [1.82, 2.24) is 9.55 Å². The number of para-hydroxylation sites is 1. The topological polar surface area (TPSA) is 73.2 Å². The molecule has 3 aromatic rings. The quantitative estimate of drug-likeness (QED) is 0.479. The molecule has 0 aliphatic carbocycles. The van der Waals surface area contributed by atoms with Crippen LogP contribution in [-0.2, 0) is 16.1 Å². The molecule has 0 radical (unpaired) electrons. The predicted molar refractivity (Wildman–Crippen MR) is 120 cm³/mol. The first-order valence-corrected chi connectivity index (χ1v) is 11.0. The molecule has 6 nitrogen and oxygen atoms in total. The highest BCUT2D eigenvalue weighted by Crippen LogP contribution is 2.25. The Morgan fingerprint density at radius 2 is 2.13 bits per heavy atom. The van der Waals surface area contributed by atoms with Crippen molar-refractivity contribution in [1.29, 1.82) is 0 Å². The van der Waals surface area contributed by atoms with Gasteiger partial charge in [0.15, 0.2) is 5.16 Å². The van der Waals surface area contributed by atoms with Crippen molar-refractivity contribution >= 4 is 34.3 Å². The number of nitrogens with zero attached hydrogens (tertiary/aromatic N) is 2. The van der Waals surface area contributed by atoms with Gasteiger partial charge in [-0.05, 0) is 56.5 Å². The summed E-state index contributed by atoms with van der Waals surface area (Å²) in [5.74, 6) is -0.128. The van der Waals surface area contributed by atoms with Gasteiger partial charge < -0.3 is 10.1 Å². The van der Waals surface area contributed by atoms with Gasteiger partial charge in [-0.25, -0.2) is 4.98 Å². The monoisotopic (exact) mass is 423 g/mol. The third-order valence-corrected chi connectivity index (χ3v) is 6.26. The van der Waals surface area contributed by atoms with E-state index < -0.39 is 5.25 Å². The summed E-state index contributed by atoms with van der Waals surface area (Å²) in [6.45, 7) is 4.98. The van der Waals surface area contributed by atoms with Crippen molar-refractivity contribution in [2.75, 3.05) is 11.9 Å². The smallest absolute Gasteiger partial charge is 0.262 e. The van der Waals surface area contributed by atoms with Gasteiger partial charge in [0, 0.05) is 12.3 Å². The van der Waals surface area contributed by atoms with Crippen LogP contribution in [0.5, 0.6) is 0 Å². The summed E-state index contributed by atoms with van der Waals surface area (Å²) in [5, 5.41) is 3.65. The second-order valence-electron chi connectivity index (χ2n) is 7.58. The number of aromatic nitrogens is 2. The summed E-state index contributed by atoms with van der Waals surface area (Å²) in [4.78, 5) is 30.6. The Kier molecular flexibility index (Phi) is 6.20. The molecule has 7 heteroatoms. The first kappa shape index (κ1) is 20.6. The molecule has 1 saturated heterocycles. The number of nitrogens with one attached hydrogen (secondary N) is 1. The van der Waals surface area contributed by atoms with Gasteiger partial charge in [0.1, 0.15) is 0 Å². The second-order valence-corrected chi connectivity index (χ2v) is 8.89. The number of hydrogen-bond acceptors (Lipinski definition) is 5. The van der Waals surface area contributed by atoms with Gasteiger partial charge in [0.25, 0.3) is 5.56 Å². The van der Waals surface area contributed by atoms with Crippen LogP contribution in [0.3, 0.4) is 0 Å². The number of carbonyl (C=O) groups excluding carboxylic acids is 1. The summed E-state index contributed by atoms with van der Waals surface area (Å²) in [7, 11) is 0. The van der Waals surface area contributed by atoms with Crippen LogP contribution >= 0.6 is 11.8 Å². The largest absolute Gasteiger partial charge is 0.376 e. The predicted octanol–water partition coefficient (Wildman–Crippen LogP) is 4.00. The standard InChI is InChI=1S/C23H25N3O3S/c1-15-7-5-8-17(13-15)24-21(27)16(2)30-23-25-20-11-4-3-10-19(20)22(28)26(23)14-18-9-6-12-29-18/h3-5,7-8,10-11,13,16,18H,6,9,12,14H2,1-2H3,(H,24,27)/t16-,18-/m0/s1. The van der Waals surface area contributed by atoms with Crippen LogP contribution in [0.25, 0.3) is 10.9 Å². The van der Waals surface area contributed by atoms with Crippen LogP contribution in [0.1, 0.15) is 25.3 Å². The molecule has 1 aromatic heterocycles. The molecule has 30 heavy (non-hydrogen) atoms. The van der Waals surface area contributed by atoms with E-state index in [0.29, 0.717) is 22.6 Å². The van der Waals surface area contributed by atoms with Gasteiger partial charge in [-0.3, -0.25) is 14.2 Å². The van der Waals surface area contributed by atoms with E-state index in [1.165, 1.54) is 11.8 Å². The van der Waals surface area contributed by atoms with E-state index in [-0.39, 0.29) is 17.6 Å². The minimum Gasteiger partial charge on any atom is -0.376 e. The minimum atomic E-state index is -0.422. The number of amides is 1. The zero-order valence-electron chi connectivity index (χ0n) is 17.1. The third-order valence-electron chi connectivity index (χ3n) is 5.17. The summed E-state index contributed by atoms with van der Waals surface area (Å²) in [6.07, 6.45) is 1.92. The summed E-state index contributed by atoms with van der Waals surface area (Å²) in [5.41, 5.74) is 2.38. The van der Waals surface area contributed by atoms with E-state index in [1.807, 2.05) is 56.3 Å². The first-order valence-electron chi connectivity index (χ1n) is 10.2. The maximum atomic E-state index is 13.2. The Labute approximate surface area is 179 Å². The first-order chi connectivity index (χ1) is 14.5. The highest BCUT2D eigenvalue weighted by Gasteiger charge is 2.23. The molecule has 1 aliphatic rings. The molecule has 0 unspecified atom stereocenters. The number of rotatable bonds is 6. The summed E-state index contributed by atoms with van der Waals surface area (Å²) in [6, 6.07) is 15.0. The third kappa shape index (κ3) is 4.57. The number of carbonyl (C=O) groups is 1. The van der Waals surface area contributed by atoms with E-state index in [0.717, 1.165) is 30.7 Å². The van der Waals surface area contributed by atoms with Crippen LogP contribution in [0.15, 0.2) is 58.5 Å². The van der Waals surface area contributed by atoms with Crippen LogP contribution in [0.4, 0.5) is 5.69 Å². The molecular formula is C23H25N3O3S. The normalized spacial score (nSPS) is 17.2. The van der Waals surface area contributed by atoms with Crippen LogP contribution in [0, 0.1) is 6.92 Å². The van der Waals surface area contributed by atoms with E-state index >= 15 is 0 Å². The molecule has 4 rings (SSSR count). The van der Waals surface area contributed by atoms with Gasteiger partial charge in [0.05, 0.1) is 28.8 Å². The number of anilines is 1. The highest BCUT2D eigenvalue weighted by molar-refractivity contribution is 8.00. The van der Waals surface area contributed by atoms with Crippen LogP contribution in [0.2, 0.25) is 0 Å². The number of ether oxygens (including phenoxy) is 1. The van der Waals surface area contributed by atoms with Crippen LogP contribution < -0.4 is 10.9 Å². The van der Waals surface area contributed by atoms with Gasteiger partial charge >= 0.3 is 0 Å². The number of benzene rings is 2. The average molecular weight is 424 g/mol. The number of fused-ring (bicyclic) bond motifs is 1. The summed E-state index contributed by atoms with van der Waals surface area (Å²) >= 11 is 1.30. The lowest BCUT2D eigenvalue weighted by Gasteiger charge is -2.18. The Morgan fingerprint density at radius 3 is 2.90 bits per heavy atom. The minimum absolute atomic E-state index is 0.00133. The number of thioether (sulfide) groups is 1. The Hall–Kier alpha value is -2.64. The van der Waals surface area contributed by atoms with E-state index in [4.69, 9.17) is 9.72 Å². The van der Waals surface area contributed by atoms with E-state index in [2.05, 4.69) is 5.32 Å². The van der Waals surface area contributed by atoms with Crippen LogP contribution in [-0.4, -0.2) is 33.4 Å². The molecule has 2 aromatic carbocycles. The second kappa shape index (κ2) is 9.02. The van der Waals surface area contributed by atoms with Crippen molar-refractivity contribution in [2.45, 2.75) is 49.7 Å². The molecule has 1 aliphatic heterocycles. The lowest BCUT2D eigenvalue weighted by Crippen LogP contribution is -2.30. The highest BCUT2D eigenvalue weighted by atomic mass is 32.2. The molecular weight excluding hydrogens is 398 g/mol. The molecule has 1 amide bonds. The zero-order valence-corrected chi connectivity index (χ0v) is 17.9. The molecule has 0 spiro atoms. The van der Waals surface area contributed by atoms with Gasteiger partial charge in [-0.2, -0.15) is 0 Å². The van der Waals surface area contributed by atoms with Gasteiger partial charge in [-0.15, -0.1) is 0 Å². The molecule has 156 valence electrons. The molecule has 1 fully saturated rings. The van der Waals surface area contributed by atoms with Crippen molar-refractivity contribution < 1.29 is 9.53 Å². The fourth-order valence-corrected chi connectivity index (χ4v) is 4.49. The Balaban J connectivity index is 1.61. The molecule has 2 heterocycles. The molecule has 1 N–H and O–H groups in total. The van der Waals surface area contributed by atoms with Gasteiger partial charge in [0.2, 0.25) is 5.91 Å². The van der Waals surface area contributed by atoms with Gasteiger partial charge in [-0.1, -0.05) is 36.0 Å². The van der Waals surface area contributed by atoms with Crippen molar-refractivity contribution in [2.24, 2.45) is 0 Å².